The molecule has 1 aromatic carbocycles. The number of nitrogens with zero attached hydrogens (tertiary/aromatic N) is 1. The molecule has 0 bridgehead atoms. The molecule has 2 rings (SSSR count). The minimum absolute atomic E-state index is 0.109. The van der Waals surface area contributed by atoms with Gasteiger partial charge in [0.05, 0.1) is 18.5 Å². The molecule has 0 saturated heterocycles. The zero-order valence-corrected chi connectivity index (χ0v) is 26.0. The van der Waals surface area contributed by atoms with Crippen LogP contribution in [-0.4, -0.2) is 72.0 Å². The second-order valence-corrected chi connectivity index (χ2v) is 11.8. The number of carbonyl (C=O) groups is 7. The molecule has 6 amide bonds. The molecule has 44 heavy (non-hydrogen) atoms. The number of nitrogens with one attached hydrogen (secondary N) is 4. The molecule has 4 N–H and O–H groups in total. The Morgan fingerprint density at radius 3 is 2.02 bits per heavy atom. The van der Waals surface area contributed by atoms with Crippen LogP contribution in [0, 0.1) is 11.3 Å². The topological polar surface area (TPSA) is 180 Å². The molecule has 0 fully saturated rings. The molecule has 1 unspecified atom stereocenters. The van der Waals surface area contributed by atoms with Crippen LogP contribution in [0.4, 0.5) is 5.69 Å². The molecule has 1 aromatic rings. The summed E-state index contributed by atoms with van der Waals surface area (Å²) < 4.78 is 5.27. The van der Waals surface area contributed by atoms with Crippen LogP contribution in [0.3, 0.4) is 0 Å². The van der Waals surface area contributed by atoms with Gasteiger partial charge in [-0.1, -0.05) is 32.4 Å². The number of esters is 1. The summed E-state index contributed by atoms with van der Waals surface area (Å²) in [5.74, 6) is -3.19. The summed E-state index contributed by atoms with van der Waals surface area (Å²) in [6.07, 6.45) is 4.34. The lowest BCUT2D eigenvalue weighted by atomic mass is 9.97. The van der Waals surface area contributed by atoms with Gasteiger partial charge in [0.15, 0.2) is 0 Å². The lowest BCUT2D eigenvalue weighted by Gasteiger charge is -2.21. The van der Waals surface area contributed by atoms with Gasteiger partial charge in [-0.15, -0.1) is 0 Å². The highest BCUT2D eigenvalue weighted by Crippen LogP contribution is 2.17. The fourth-order valence-electron chi connectivity index (χ4n) is 3.94. The second-order valence-electron chi connectivity index (χ2n) is 11.8. The highest BCUT2D eigenvalue weighted by Gasteiger charge is 2.25. The van der Waals surface area contributed by atoms with Gasteiger partial charge in [0.1, 0.15) is 12.6 Å². The average molecular weight is 614 g/mol. The Morgan fingerprint density at radius 1 is 0.818 bits per heavy atom. The van der Waals surface area contributed by atoms with Gasteiger partial charge in [-0.05, 0) is 57.2 Å². The van der Waals surface area contributed by atoms with Crippen LogP contribution in [-0.2, 0) is 44.9 Å². The third-order valence-corrected chi connectivity index (χ3v) is 6.54. The Bertz CT molecular complexity index is 1230. The van der Waals surface area contributed by atoms with E-state index in [1.807, 2.05) is 0 Å². The van der Waals surface area contributed by atoms with E-state index in [-0.39, 0.29) is 55.7 Å². The van der Waals surface area contributed by atoms with Gasteiger partial charge in [0.2, 0.25) is 23.6 Å². The van der Waals surface area contributed by atoms with Gasteiger partial charge < -0.3 is 26.0 Å². The van der Waals surface area contributed by atoms with E-state index in [0.29, 0.717) is 31.5 Å². The van der Waals surface area contributed by atoms with Crippen LogP contribution in [0.2, 0.25) is 0 Å². The van der Waals surface area contributed by atoms with Crippen LogP contribution in [0.25, 0.3) is 0 Å². The molecule has 1 aliphatic heterocycles. The number of anilines is 1. The van der Waals surface area contributed by atoms with Gasteiger partial charge in [-0.3, -0.25) is 38.5 Å². The summed E-state index contributed by atoms with van der Waals surface area (Å²) in [5, 5.41) is 10.3. The van der Waals surface area contributed by atoms with Crippen LogP contribution in [0.5, 0.6) is 0 Å². The van der Waals surface area contributed by atoms with Crippen molar-refractivity contribution < 1.29 is 38.3 Å². The molecular weight excluding hydrogens is 570 g/mol. The third kappa shape index (κ3) is 12.4. The summed E-state index contributed by atoms with van der Waals surface area (Å²) in [5.41, 5.74) is 0.645. The predicted octanol–water partition coefficient (Wildman–Crippen LogP) is 1.57. The smallest absolute Gasteiger partial charge is 0.311 e. The molecule has 0 radical (unpaired) electrons. The van der Waals surface area contributed by atoms with E-state index < -0.39 is 29.2 Å². The lowest BCUT2D eigenvalue weighted by molar-refractivity contribution is -0.154. The number of amides is 6. The van der Waals surface area contributed by atoms with Crippen LogP contribution in [0.1, 0.15) is 65.9 Å². The first-order valence-corrected chi connectivity index (χ1v) is 14.6. The molecule has 0 aromatic heterocycles. The Labute approximate surface area is 257 Å². The first kappa shape index (κ1) is 35.6. The molecule has 1 aliphatic rings. The highest BCUT2D eigenvalue weighted by molar-refractivity contribution is 6.12. The lowest BCUT2D eigenvalue weighted by Crippen LogP contribution is -2.52. The molecule has 240 valence electrons. The zero-order chi connectivity index (χ0) is 32.9. The summed E-state index contributed by atoms with van der Waals surface area (Å²) >= 11 is 0. The van der Waals surface area contributed by atoms with Gasteiger partial charge in [-0.25, -0.2) is 0 Å². The predicted molar refractivity (Wildman–Crippen MR) is 161 cm³/mol. The molecule has 1 heterocycles. The number of imide groups is 1. The standard InChI is InChI=1S/C31H43N5O8/c1-20(2)28(35-25(39)17-32-23(37)9-7-6-8-16-36-26(40)14-15-27(36)41)29(42)33-18-24(38)34-22-12-10-21(11-13-22)19-44-30(43)31(3,4)5/h10-15,20,28H,6-9,16-19H2,1-5H3,(H,32,37)(H,33,42)(H,34,38)(H,35,39). The number of ether oxygens (including phenoxy) is 1. The average Bonchev–Trinajstić information content (AvgIpc) is 3.28. The summed E-state index contributed by atoms with van der Waals surface area (Å²) in [7, 11) is 0. The molecule has 1 atom stereocenters. The summed E-state index contributed by atoms with van der Waals surface area (Å²) in [4.78, 5) is 85.7. The van der Waals surface area contributed by atoms with Crippen molar-refractivity contribution in [3.05, 3.63) is 42.0 Å². The maximum atomic E-state index is 12.7. The first-order valence-electron chi connectivity index (χ1n) is 14.6. The number of benzene rings is 1. The monoisotopic (exact) mass is 613 g/mol. The SMILES string of the molecule is CC(C)C(NC(=O)CNC(=O)CCCCCN1C(=O)C=CC1=O)C(=O)NCC(=O)Nc1ccc(COC(=O)C(C)(C)C)cc1. The molecular formula is C31H43N5O8. The molecule has 0 aliphatic carbocycles. The van der Waals surface area contributed by atoms with Crippen LogP contribution in [0.15, 0.2) is 36.4 Å². The van der Waals surface area contributed by atoms with Gasteiger partial charge in [0, 0.05) is 30.8 Å². The normalized spacial score (nSPS) is 13.5. The summed E-state index contributed by atoms with van der Waals surface area (Å²) in [6, 6.07) is 5.82. The van der Waals surface area contributed by atoms with E-state index in [1.165, 1.54) is 12.2 Å². The van der Waals surface area contributed by atoms with Crippen molar-refractivity contribution in [3.8, 4) is 0 Å². The van der Waals surface area contributed by atoms with Crippen molar-refractivity contribution in [1.82, 2.24) is 20.9 Å². The second kappa shape index (κ2) is 16.9. The van der Waals surface area contributed by atoms with E-state index in [0.717, 1.165) is 10.5 Å². The van der Waals surface area contributed by atoms with Gasteiger partial charge in [-0.2, -0.15) is 0 Å². The van der Waals surface area contributed by atoms with Crippen molar-refractivity contribution in [1.29, 1.82) is 0 Å². The van der Waals surface area contributed by atoms with E-state index in [4.69, 9.17) is 4.74 Å². The molecule has 13 nitrogen and oxygen atoms in total. The largest absolute Gasteiger partial charge is 0.460 e. The van der Waals surface area contributed by atoms with Gasteiger partial charge >= 0.3 is 5.97 Å². The Morgan fingerprint density at radius 2 is 1.43 bits per heavy atom. The van der Waals surface area contributed by atoms with E-state index >= 15 is 0 Å². The van der Waals surface area contributed by atoms with Crippen molar-refractivity contribution in [2.24, 2.45) is 11.3 Å². The third-order valence-electron chi connectivity index (χ3n) is 6.54. The maximum absolute atomic E-state index is 12.7. The minimum Gasteiger partial charge on any atom is -0.460 e. The highest BCUT2D eigenvalue weighted by atomic mass is 16.5. The van der Waals surface area contributed by atoms with E-state index in [9.17, 15) is 33.6 Å². The van der Waals surface area contributed by atoms with Gasteiger partial charge in [0.25, 0.3) is 11.8 Å². The van der Waals surface area contributed by atoms with Crippen LogP contribution >= 0.6 is 0 Å². The number of carbonyl (C=O) groups excluding carboxylic acids is 7. The quantitative estimate of drug-likeness (QED) is 0.123. The number of hydrogen-bond donors (Lipinski definition) is 4. The van der Waals surface area contributed by atoms with E-state index in [1.54, 1.807) is 58.9 Å². The molecule has 13 heteroatoms. The van der Waals surface area contributed by atoms with E-state index in [2.05, 4.69) is 21.3 Å². The maximum Gasteiger partial charge on any atom is 0.311 e. The Kier molecular flexibility index (Phi) is 13.7. The van der Waals surface area contributed by atoms with Crippen molar-refractivity contribution in [3.63, 3.8) is 0 Å². The van der Waals surface area contributed by atoms with Crippen molar-refractivity contribution in [2.75, 3.05) is 25.0 Å². The number of unbranched alkanes of at least 4 members (excludes halogenated alkanes) is 2. The molecule has 0 spiro atoms. The van der Waals surface area contributed by atoms with Crippen molar-refractivity contribution in [2.45, 2.75) is 73.0 Å². The van der Waals surface area contributed by atoms with Crippen LogP contribution < -0.4 is 21.3 Å². The minimum atomic E-state index is -0.923. The Balaban J connectivity index is 1.67. The summed E-state index contributed by atoms with van der Waals surface area (Å²) in [6.45, 7) is 8.54. The number of rotatable bonds is 16. The first-order chi connectivity index (χ1) is 20.7. The number of hydrogen-bond acceptors (Lipinski definition) is 8. The fourth-order valence-corrected chi connectivity index (χ4v) is 3.94. The van der Waals surface area contributed by atoms with Crippen molar-refractivity contribution >= 4 is 47.1 Å². The zero-order valence-electron chi connectivity index (χ0n) is 26.0. The molecule has 0 saturated carbocycles. The Hall–Kier alpha value is -4.55. The fraction of sp³-hybridized carbons (Fsp3) is 0.516.